The molecule has 39 heavy (non-hydrogen) atoms. The lowest BCUT2D eigenvalue weighted by molar-refractivity contribution is 0.0448. The van der Waals surface area contributed by atoms with E-state index in [0.29, 0.717) is 6.61 Å². The van der Waals surface area contributed by atoms with Gasteiger partial charge in [-0.3, -0.25) is 9.05 Å². The van der Waals surface area contributed by atoms with E-state index in [0.717, 1.165) is 26.0 Å². The number of hydrogen-bond donors (Lipinski definition) is 1. The fraction of sp³-hybridized carbons (Fsp3) is 0.767. The molecular formula is C30H51FNO6P. The summed E-state index contributed by atoms with van der Waals surface area (Å²) in [6, 6.07) is 5.62. The van der Waals surface area contributed by atoms with E-state index in [1.807, 2.05) is 6.07 Å². The standard InChI is InChI=1S/C30H51FNO6P/c1-3-4-5-6-7-8-9-10-11-12-13-14-15-16-17-18-19-36-24-28(26-38-39(33,34)35-2)25-37-30-21-27(23-32)20-29(31)22-30/h20-22,28H,3-19,24-26H2,1-2H3,(H,33,34). The summed E-state index contributed by atoms with van der Waals surface area (Å²) >= 11 is 0. The topological polar surface area (TPSA) is 98.0 Å². The second kappa shape index (κ2) is 23.2. The summed E-state index contributed by atoms with van der Waals surface area (Å²) in [5, 5.41) is 9.00. The maximum absolute atomic E-state index is 13.7. The first-order chi connectivity index (χ1) is 18.9. The van der Waals surface area contributed by atoms with Crippen LogP contribution in [0.3, 0.4) is 0 Å². The Bertz CT molecular complexity index is 834. The second-order valence-corrected chi connectivity index (χ2v) is 11.9. The number of hydrogen-bond acceptors (Lipinski definition) is 6. The van der Waals surface area contributed by atoms with Crippen LogP contribution in [0, 0.1) is 23.1 Å². The summed E-state index contributed by atoms with van der Waals surface area (Å²) in [5.74, 6) is -0.750. The Hall–Kier alpha value is -1.49. The Kier molecular flexibility index (Phi) is 21.2. The molecule has 0 aliphatic rings. The number of phosphoric ester groups is 1. The average molecular weight is 572 g/mol. The molecule has 2 unspecified atom stereocenters. The van der Waals surface area contributed by atoms with Gasteiger partial charge < -0.3 is 14.4 Å². The summed E-state index contributed by atoms with van der Waals surface area (Å²) in [6.45, 7) is 3.04. The van der Waals surface area contributed by atoms with Crippen LogP contribution in [0.5, 0.6) is 5.75 Å². The molecule has 1 aromatic carbocycles. The molecule has 1 N–H and O–H groups in total. The maximum atomic E-state index is 13.7. The molecule has 0 aliphatic carbocycles. The van der Waals surface area contributed by atoms with Crippen LogP contribution < -0.4 is 4.74 Å². The molecule has 0 bridgehead atoms. The quantitative estimate of drug-likeness (QED) is 0.0877. The molecule has 7 nitrogen and oxygen atoms in total. The summed E-state index contributed by atoms with van der Waals surface area (Å²) in [5.41, 5.74) is 0.150. The van der Waals surface area contributed by atoms with Crippen molar-refractivity contribution < 1.29 is 32.4 Å². The molecule has 0 amide bonds. The Morgan fingerprint density at radius 3 is 1.90 bits per heavy atom. The van der Waals surface area contributed by atoms with Gasteiger partial charge >= 0.3 is 7.82 Å². The largest absolute Gasteiger partial charge is 0.493 e. The number of ether oxygens (including phenoxy) is 2. The van der Waals surface area contributed by atoms with Crippen molar-refractivity contribution in [2.45, 2.75) is 110 Å². The number of phosphoric acid groups is 1. The van der Waals surface area contributed by atoms with Gasteiger partial charge in [0.15, 0.2) is 0 Å². The van der Waals surface area contributed by atoms with Gasteiger partial charge in [-0.1, -0.05) is 103 Å². The van der Waals surface area contributed by atoms with Gasteiger partial charge in [-0.25, -0.2) is 8.96 Å². The predicted octanol–water partition coefficient (Wildman–Crippen LogP) is 8.73. The first-order valence-electron chi connectivity index (χ1n) is 14.8. The molecule has 0 saturated heterocycles. The van der Waals surface area contributed by atoms with Gasteiger partial charge in [0.1, 0.15) is 11.6 Å². The fourth-order valence-electron chi connectivity index (χ4n) is 4.32. The van der Waals surface area contributed by atoms with Crippen LogP contribution in [0.4, 0.5) is 4.39 Å². The lowest BCUT2D eigenvalue weighted by Gasteiger charge is -2.19. The summed E-state index contributed by atoms with van der Waals surface area (Å²) in [6.07, 6.45) is 20.9. The van der Waals surface area contributed by atoms with Crippen LogP contribution in [0.2, 0.25) is 0 Å². The minimum Gasteiger partial charge on any atom is -0.493 e. The highest BCUT2D eigenvalue weighted by Gasteiger charge is 2.22. The van der Waals surface area contributed by atoms with Crippen molar-refractivity contribution in [1.82, 2.24) is 0 Å². The van der Waals surface area contributed by atoms with E-state index in [1.54, 1.807) is 0 Å². The zero-order valence-electron chi connectivity index (χ0n) is 24.2. The van der Waals surface area contributed by atoms with Crippen molar-refractivity contribution in [2.75, 3.05) is 33.5 Å². The molecule has 0 spiro atoms. The van der Waals surface area contributed by atoms with Crippen LogP contribution in [-0.2, 0) is 18.3 Å². The molecule has 0 fully saturated rings. The van der Waals surface area contributed by atoms with Gasteiger partial charge in [0.25, 0.3) is 0 Å². The van der Waals surface area contributed by atoms with Gasteiger partial charge in [0, 0.05) is 25.7 Å². The minimum atomic E-state index is -4.14. The van der Waals surface area contributed by atoms with Crippen molar-refractivity contribution in [3.63, 3.8) is 0 Å². The summed E-state index contributed by atoms with van der Waals surface area (Å²) in [4.78, 5) is 9.53. The lowest BCUT2D eigenvalue weighted by atomic mass is 10.0. The molecule has 0 saturated carbocycles. The van der Waals surface area contributed by atoms with Gasteiger partial charge in [0.05, 0.1) is 31.5 Å². The zero-order valence-corrected chi connectivity index (χ0v) is 25.1. The van der Waals surface area contributed by atoms with Gasteiger partial charge in [-0.2, -0.15) is 5.26 Å². The molecule has 1 rings (SSSR count). The van der Waals surface area contributed by atoms with Crippen molar-refractivity contribution in [3.05, 3.63) is 29.6 Å². The normalized spacial score (nSPS) is 13.6. The number of benzene rings is 1. The molecule has 1 aromatic rings. The molecule has 0 aromatic heterocycles. The van der Waals surface area contributed by atoms with Crippen LogP contribution in [0.25, 0.3) is 0 Å². The Morgan fingerprint density at radius 2 is 1.38 bits per heavy atom. The highest BCUT2D eigenvalue weighted by molar-refractivity contribution is 7.47. The smallest absolute Gasteiger partial charge is 0.471 e. The third-order valence-corrected chi connectivity index (χ3v) is 7.62. The molecular weight excluding hydrogens is 520 g/mol. The minimum absolute atomic E-state index is 0.0665. The summed E-state index contributed by atoms with van der Waals surface area (Å²) < 4.78 is 46.2. The molecule has 0 radical (unpaired) electrons. The van der Waals surface area contributed by atoms with E-state index in [1.165, 1.54) is 102 Å². The van der Waals surface area contributed by atoms with Crippen LogP contribution in [-0.4, -0.2) is 38.4 Å². The number of unbranched alkanes of at least 4 members (excludes halogenated alkanes) is 15. The lowest BCUT2D eigenvalue weighted by Crippen LogP contribution is -2.23. The highest BCUT2D eigenvalue weighted by atomic mass is 31.2. The first kappa shape index (κ1) is 35.5. The number of nitriles is 1. The number of nitrogens with zero attached hydrogens (tertiary/aromatic N) is 1. The van der Waals surface area contributed by atoms with E-state index < -0.39 is 13.6 Å². The second-order valence-electron chi connectivity index (χ2n) is 10.3. The van der Waals surface area contributed by atoms with Gasteiger partial charge in [-0.05, 0) is 18.6 Å². The van der Waals surface area contributed by atoms with Gasteiger partial charge in [-0.15, -0.1) is 0 Å². The van der Waals surface area contributed by atoms with E-state index >= 15 is 0 Å². The van der Waals surface area contributed by atoms with E-state index in [-0.39, 0.29) is 37.1 Å². The average Bonchev–Trinajstić information content (AvgIpc) is 2.93. The van der Waals surface area contributed by atoms with Crippen molar-refractivity contribution in [3.8, 4) is 11.8 Å². The van der Waals surface area contributed by atoms with Gasteiger partial charge in [0.2, 0.25) is 0 Å². The molecule has 0 aliphatic heterocycles. The van der Waals surface area contributed by atoms with Crippen LogP contribution in [0.1, 0.15) is 115 Å². The zero-order chi connectivity index (χ0) is 28.6. The SMILES string of the molecule is CCCCCCCCCCCCCCCCCCOCC(COc1cc(F)cc(C#N)c1)COP(=O)(O)OC. The highest BCUT2D eigenvalue weighted by Crippen LogP contribution is 2.42. The van der Waals surface area contributed by atoms with Crippen LogP contribution >= 0.6 is 7.82 Å². The Morgan fingerprint density at radius 1 is 0.846 bits per heavy atom. The maximum Gasteiger partial charge on any atom is 0.471 e. The molecule has 9 heteroatoms. The Labute approximate surface area is 236 Å². The third kappa shape index (κ3) is 20.1. The summed E-state index contributed by atoms with van der Waals surface area (Å²) in [7, 11) is -3.04. The first-order valence-corrected chi connectivity index (χ1v) is 16.3. The fourth-order valence-corrected chi connectivity index (χ4v) is 4.83. The van der Waals surface area contributed by atoms with E-state index in [2.05, 4.69) is 11.4 Å². The van der Waals surface area contributed by atoms with Crippen LogP contribution in [0.15, 0.2) is 18.2 Å². The van der Waals surface area contributed by atoms with Crippen molar-refractivity contribution in [2.24, 2.45) is 5.92 Å². The van der Waals surface area contributed by atoms with E-state index in [4.69, 9.17) is 19.3 Å². The number of rotatable bonds is 26. The third-order valence-electron chi connectivity index (χ3n) is 6.69. The number of halogens is 1. The Balaban J connectivity index is 2.13. The predicted molar refractivity (Wildman–Crippen MR) is 153 cm³/mol. The molecule has 2 atom stereocenters. The van der Waals surface area contributed by atoms with Crippen molar-refractivity contribution in [1.29, 1.82) is 5.26 Å². The monoisotopic (exact) mass is 571 g/mol. The van der Waals surface area contributed by atoms with E-state index in [9.17, 15) is 13.8 Å². The molecule has 0 heterocycles. The molecule has 224 valence electrons. The van der Waals surface area contributed by atoms with Crippen molar-refractivity contribution >= 4 is 7.82 Å².